The number of aromatic nitrogens is 1. The van der Waals surface area contributed by atoms with Crippen molar-refractivity contribution in [3.05, 3.63) is 46.1 Å². The molecule has 3 N–H and O–H groups in total. The van der Waals surface area contributed by atoms with Crippen molar-refractivity contribution in [2.24, 2.45) is 0 Å². The number of anilines is 3. The van der Waals surface area contributed by atoms with E-state index < -0.39 is 5.97 Å². The SMILES string of the molecule is CCOC(=O)c1cc(Nc2cc(C)cc(Br)c2)ncc1N. The highest BCUT2D eigenvalue weighted by Gasteiger charge is 2.12. The van der Waals surface area contributed by atoms with Gasteiger partial charge in [0.25, 0.3) is 0 Å². The Morgan fingerprint density at radius 1 is 1.38 bits per heavy atom. The number of pyridine rings is 1. The largest absolute Gasteiger partial charge is 0.462 e. The normalized spacial score (nSPS) is 10.2. The molecule has 6 heteroatoms. The number of hydrogen-bond donors (Lipinski definition) is 2. The quantitative estimate of drug-likeness (QED) is 0.823. The van der Waals surface area contributed by atoms with Gasteiger partial charge in [-0.1, -0.05) is 15.9 Å². The van der Waals surface area contributed by atoms with Crippen LogP contribution in [0.1, 0.15) is 22.8 Å². The van der Waals surface area contributed by atoms with Crippen molar-refractivity contribution in [1.82, 2.24) is 4.98 Å². The molecule has 0 aliphatic heterocycles. The summed E-state index contributed by atoms with van der Waals surface area (Å²) in [4.78, 5) is 16.0. The van der Waals surface area contributed by atoms with Crippen molar-refractivity contribution in [1.29, 1.82) is 0 Å². The highest BCUT2D eigenvalue weighted by molar-refractivity contribution is 9.10. The molecule has 1 aromatic carbocycles. The molecule has 1 heterocycles. The Morgan fingerprint density at radius 2 is 2.14 bits per heavy atom. The van der Waals surface area contributed by atoms with Gasteiger partial charge in [-0.05, 0) is 43.7 Å². The minimum Gasteiger partial charge on any atom is -0.462 e. The first-order chi connectivity index (χ1) is 9.99. The summed E-state index contributed by atoms with van der Waals surface area (Å²) < 4.78 is 5.93. The van der Waals surface area contributed by atoms with Gasteiger partial charge in [0.2, 0.25) is 0 Å². The third-order valence-electron chi connectivity index (χ3n) is 2.74. The zero-order valence-corrected chi connectivity index (χ0v) is 13.4. The van der Waals surface area contributed by atoms with Gasteiger partial charge < -0.3 is 15.8 Å². The number of esters is 1. The zero-order valence-electron chi connectivity index (χ0n) is 11.8. The standard InChI is InChI=1S/C15H16BrN3O2/c1-3-21-15(20)12-7-14(18-8-13(12)17)19-11-5-9(2)4-10(16)6-11/h4-8H,3,17H2,1-2H3,(H,18,19). The van der Waals surface area contributed by atoms with E-state index in [1.54, 1.807) is 13.0 Å². The molecule has 0 saturated carbocycles. The number of nitrogen functional groups attached to an aromatic ring is 1. The number of rotatable bonds is 4. The Balaban J connectivity index is 2.28. The topological polar surface area (TPSA) is 77.2 Å². The predicted octanol–water partition coefficient (Wildman–Crippen LogP) is 3.66. The number of halogens is 1. The summed E-state index contributed by atoms with van der Waals surface area (Å²) in [6.07, 6.45) is 1.44. The van der Waals surface area contributed by atoms with Gasteiger partial charge in [-0.25, -0.2) is 9.78 Å². The van der Waals surface area contributed by atoms with E-state index in [1.807, 2.05) is 25.1 Å². The maximum Gasteiger partial charge on any atom is 0.340 e. The first-order valence-electron chi connectivity index (χ1n) is 6.46. The lowest BCUT2D eigenvalue weighted by Crippen LogP contribution is -2.09. The molecule has 110 valence electrons. The molecule has 0 aliphatic carbocycles. The molecular weight excluding hydrogens is 334 g/mol. The van der Waals surface area contributed by atoms with Crippen LogP contribution in [0.25, 0.3) is 0 Å². The minimum atomic E-state index is -0.453. The summed E-state index contributed by atoms with van der Waals surface area (Å²) in [7, 11) is 0. The van der Waals surface area contributed by atoms with Crippen molar-refractivity contribution < 1.29 is 9.53 Å². The van der Waals surface area contributed by atoms with E-state index in [0.29, 0.717) is 23.7 Å². The van der Waals surface area contributed by atoms with E-state index in [9.17, 15) is 4.79 Å². The minimum absolute atomic E-state index is 0.296. The van der Waals surface area contributed by atoms with Crippen molar-refractivity contribution in [3.63, 3.8) is 0 Å². The number of benzene rings is 1. The van der Waals surface area contributed by atoms with Crippen LogP contribution in [-0.2, 0) is 4.74 Å². The van der Waals surface area contributed by atoms with Gasteiger partial charge in [0, 0.05) is 10.2 Å². The molecule has 0 radical (unpaired) electrons. The van der Waals surface area contributed by atoms with Gasteiger partial charge in [0.15, 0.2) is 0 Å². The Kier molecular flexibility index (Phi) is 4.80. The lowest BCUT2D eigenvalue weighted by molar-refractivity contribution is 0.0527. The number of nitrogens with zero attached hydrogens (tertiary/aromatic N) is 1. The van der Waals surface area contributed by atoms with Crippen LogP contribution in [0.4, 0.5) is 17.2 Å². The van der Waals surface area contributed by atoms with Crippen LogP contribution in [0, 0.1) is 6.92 Å². The second-order valence-electron chi connectivity index (χ2n) is 4.52. The summed E-state index contributed by atoms with van der Waals surface area (Å²) in [6.45, 7) is 4.04. The second kappa shape index (κ2) is 6.58. The maximum absolute atomic E-state index is 11.8. The fourth-order valence-electron chi connectivity index (χ4n) is 1.88. The molecule has 2 aromatic rings. The number of ether oxygens (including phenoxy) is 1. The van der Waals surface area contributed by atoms with Crippen LogP contribution >= 0.6 is 15.9 Å². The first-order valence-corrected chi connectivity index (χ1v) is 7.25. The summed E-state index contributed by atoms with van der Waals surface area (Å²) in [5.41, 5.74) is 8.34. The smallest absolute Gasteiger partial charge is 0.340 e. The monoisotopic (exact) mass is 349 g/mol. The Hall–Kier alpha value is -2.08. The molecule has 0 atom stereocenters. The van der Waals surface area contributed by atoms with Crippen molar-refractivity contribution in [2.75, 3.05) is 17.7 Å². The van der Waals surface area contributed by atoms with Crippen LogP contribution in [0.5, 0.6) is 0 Å². The molecule has 2 rings (SSSR count). The van der Waals surface area contributed by atoms with E-state index in [2.05, 4.69) is 26.2 Å². The Morgan fingerprint density at radius 3 is 2.81 bits per heavy atom. The highest BCUT2D eigenvalue weighted by Crippen LogP contribution is 2.23. The van der Waals surface area contributed by atoms with Crippen LogP contribution in [-0.4, -0.2) is 17.6 Å². The average molecular weight is 350 g/mol. The Bertz CT molecular complexity index is 654. The van der Waals surface area contributed by atoms with E-state index >= 15 is 0 Å². The van der Waals surface area contributed by atoms with Gasteiger partial charge in [-0.15, -0.1) is 0 Å². The van der Waals surface area contributed by atoms with E-state index in [1.165, 1.54) is 6.20 Å². The molecule has 0 spiro atoms. The number of nitrogens with one attached hydrogen (secondary N) is 1. The Labute approximate surface area is 131 Å². The lowest BCUT2D eigenvalue weighted by Gasteiger charge is -2.10. The van der Waals surface area contributed by atoms with Gasteiger partial charge >= 0.3 is 5.97 Å². The number of hydrogen-bond acceptors (Lipinski definition) is 5. The number of carbonyl (C=O) groups is 1. The highest BCUT2D eigenvalue weighted by atomic mass is 79.9. The molecule has 0 aliphatic rings. The zero-order chi connectivity index (χ0) is 15.4. The fraction of sp³-hybridized carbons (Fsp3) is 0.200. The van der Waals surface area contributed by atoms with Crippen LogP contribution < -0.4 is 11.1 Å². The van der Waals surface area contributed by atoms with Crippen molar-refractivity contribution in [2.45, 2.75) is 13.8 Å². The number of aryl methyl sites for hydroxylation is 1. The van der Waals surface area contributed by atoms with E-state index in [0.717, 1.165) is 15.7 Å². The molecule has 0 saturated heterocycles. The third kappa shape index (κ3) is 3.95. The predicted molar refractivity (Wildman–Crippen MR) is 86.8 cm³/mol. The summed E-state index contributed by atoms with van der Waals surface area (Å²) in [6, 6.07) is 7.50. The molecule has 5 nitrogen and oxygen atoms in total. The van der Waals surface area contributed by atoms with E-state index in [-0.39, 0.29) is 0 Å². The lowest BCUT2D eigenvalue weighted by atomic mass is 10.2. The molecule has 1 aromatic heterocycles. The maximum atomic E-state index is 11.8. The van der Waals surface area contributed by atoms with Gasteiger partial charge in [0.05, 0.1) is 24.1 Å². The first kappa shape index (κ1) is 15.3. The van der Waals surface area contributed by atoms with Gasteiger partial charge in [0.1, 0.15) is 5.82 Å². The summed E-state index contributed by atoms with van der Waals surface area (Å²) >= 11 is 3.44. The number of nitrogens with two attached hydrogens (primary N) is 1. The van der Waals surface area contributed by atoms with E-state index in [4.69, 9.17) is 10.5 Å². The second-order valence-corrected chi connectivity index (χ2v) is 5.44. The number of carbonyl (C=O) groups excluding carboxylic acids is 1. The average Bonchev–Trinajstić information content (AvgIpc) is 2.40. The molecule has 0 unspecified atom stereocenters. The van der Waals surface area contributed by atoms with Crippen LogP contribution in [0.2, 0.25) is 0 Å². The van der Waals surface area contributed by atoms with Crippen molar-refractivity contribution >= 4 is 39.1 Å². The van der Waals surface area contributed by atoms with Crippen LogP contribution in [0.3, 0.4) is 0 Å². The molecule has 0 amide bonds. The molecule has 0 bridgehead atoms. The molecule has 0 fully saturated rings. The van der Waals surface area contributed by atoms with Crippen molar-refractivity contribution in [3.8, 4) is 0 Å². The van der Waals surface area contributed by atoms with Gasteiger partial charge in [-0.2, -0.15) is 0 Å². The molecule has 21 heavy (non-hydrogen) atoms. The fourth-order valence-corrected chi connectivity index (χ4v) is 2.48. The molecular formula is C15H16BrN3O2. The van der Waals surface area contributed by atoms with Gasteiger partial charge in [-0.3, -0.25) is 0 Å². The third-order valence-corrected chi connectivity index (χ3v) is 3.20. The summed E-state index contributed by atoms with van der Waals surface area (Å²) in [5.74, 6) is 0.0793. The summed E-state index contributed by atoms with van der Waals surface area (Å²) in [5, 5.41) is 3.15. The van der Waals surface area contributed by atoms with Crippen LogP contribution in [0.15, 0.2) is 34.9 Å².